The third kappa shape index (κ3) is 4.77. The Morgan fingerprint density at radius 2 is 1.68 bits per heavy atom. The molecule has 0 aliphatic rings. The molecule has 0 unspecified atom stereocenters. The molecule has 2 rings (SSSR count). The molecule has 0 saturated carbocycles. The van der Waals surface area contributed by atoms with Gasteiger partial charge in [0.15, 0.2) is 0 Å². The molecule has 0 radical (unpaired) electrons. The van der Waals surface area contributed by atoms with Crippen molar-refractivity contribution >= 4 is 33.0 Å². The fraction of sp³-hybridized carbons (Fsp3) is 0.188. The number of carbonyl (C=O) groups excluding carboxylic acids is 1. The lowest BCUT2D eigenvalue weighted by atomic mass is 10.2. The van der Waals surface area contributed by atoms with Crippen molar-refractivity contribution in [1.29, 1.82) is 0 Å². The number of nitrogens with one attached hydrogen (secondary N) is 2. The first kappa shape index (κ1) is 18.4. The number of rotatable bonds is 6. The number of benzene rings is 2. The van der Waals surface area contributed by atoms with Crippen LogP contribution < -0.4 is 10.0 Å². The van der Waals surface area contributed by atoms with E-state index in [9.17, 15) is 23.3 Å². The summed E-state index contributed by atoms with van der Waals surface area (Å²) in [5, 5.41) is 13.3. The molecule has 0 bridgehead atoms. The molecule has 0 aromatic heterocycles. The lowest BCUT2D eigenvalue weighted by molar-refractivity contribution is -0.384. The quantitative estimate of drug-likeness (QED) is 0.604. The fourth-order valence-electron chi connectivity index (χ4n) is 1.91. The van der Waals surface area contributed by atoms with Crippen LogP contribution in [0.25, 0.3) is 0 Å². The molecule has 2 N–H and O–H groups in total. The Morgan fingerprint density at radius 3 is 2.24 bits per heavy atom. The van der Waals surface area contributed by atoms with Crippen molar-refractivity contribution in [3.8, 4) is 0 Å². The molecule has 0 heterocycles. The number of hydrogen-bond acceptors (Lipinski definition) is 5. The molecule has 25 heavy (non-hydrogen) atoms. The Bertz CT molecular complexity index is 892. The molecule has 1 amide bonds. The van der Waals surface area contributed by atoms with Gasteiger partial charge in [-0.25, -0.2) is 8.42 Å². The summed E-state index contributed by atoms with van der Waals surface area (Å²) >= 11 is 0. The van der Waals surface area contributed by atoms with Gasteiger partial charge in [-0.1, -0.05) is 19.9 Å². The summed E-state index contributed by atoms with van der Waals surface area (Å²) in [4.78, 5) is 21.6. The van der Waals surface area contributed by atoms with Gasteiger partial charge in [-0.2, -0.15) is 0 Å². The molecule has 0 saturated heterocycles. The first-order chi connectivity index (χ1) is 11.7. The van der Waals surface area contributed by atoms with Crippen LogP contribution in [0.15, 0.2) is 53.4 Å². The van der Waals surface area contributed by atoms with Gasteiger partial charge in [-0.05, 0) is 30.3 Å². The van der Waals surface area contributed by atoms with Gasteiger partial charge >= 0.3 is 0 Å². The van der Waals surface area contributed by atoms with Gasteiger partial charge in [-0.15, -0.1) is 0 Å². The molecule has 0 fully saturated rings. The highest BCUT2D eigenvalue weighted by atomic mass is 32.2. The second-order valence-electron chi connectivity index (χ2n) is 5.58. The highest BCUT2D eigenvalue weighted by Gasteiger charge is 2.16. The molecular weight excluding hydrogens is 346 g/mol. The predicted octanol–water partition coefficient (Wildman–Crippen LogP) is 2.99. The molecule has 132 valence electrons. The Kier molecular flexibility index (Phi) is 5.38. The number of nitro benzene ring substituents is 1. The Hall–Kier alpha value is -2.94. The minimum absolute atomic E-state index is 0.102. The second kappa shape index (κ2) is 7.31. The minimum Gasteiger partial charge on any atom is -0.326 e. The largest absolute Gasteiger partial charge is 0.326 e. The summed E-state index contributed by atoms with van der Waals surface area (Å²) in [5.74, 6) is -0.393. The van der Waals surface area contributed by atoms with E-state index in [4.69, 9.17) is 0 Å². The van der Waals surface area contributed by atoms with Crippen molar-refractivity contribution in [2.45, 2.75) is 18.7 Å². The van der Waals surface area contributed by atoms with E-state index in [0.717, 1.165) is 24.3 Å². The molecular formula is C16H17N3O5S. The third-order valence-corrected chi connectivity index (χ3v) is 4.66. The molecule has 0 aliphatic carbocycles. The summed E-state index contributed by atoms with van der Waals surface area (Å²) in [6, 6.07) is 10.8. The van der Waals surface area contributed by atoms with Crippen molar-refractivity contribution in [1.82, 2.24) is 0 Å². The smallest absolute Gasteiger partial charge is 0.269 e. The van der Waals surface area contributed by atoms with E-state index in [-0.39, 0.29) is 28.1 Å². The summed E-state index contributed by atoms with van der Waals surface area (Å²) in [6.45, 7) is 3.49. The zero-order chi connectivity index (χ0) is 18.6. The number of non-ortho nitro benzene ring substituents is 1. The zero-order valence-electron chi connectivity index (χ0n) is 13.6. The van der Waals surface area contributed by atoms with Gasteiger partial charge in [0.05, 0.1) is 15.5 Å². The second-order valence-corrected chi connectivity index (χ2v) is 7.26. The lowest BCUT2D eigenvalue weighted by Crippen LogP contribution is -2.18. The van der Waals surface area contributed by atoms with Gasteiger partial charge < -0.3 is 5.32 Å². The van der Waals surface area contributed by atoms with Crippen molar-refractivity contribution in [2.24, 2.45) is 5.92 Å². The Labute approximate surface area is 145 Å². The lowest BCUT2D eigenvalue weighted by Gasteiger charge is -2.11. The summed E-state index contributed by atoms with van der Waals surface area (Å²) in [7, 11) is -3.90. The molecule has 8 nitrogen and oxygen atoms in total. The van der Waals surface area contributed by atoms with Crippen LogP contribution in [-0.2, 0) is 14.8 Å². The van der Waals surface area contributed by atoms with Crippen molar-refractivity contribution in [3.63, 3.8) is 0 Å². The number of nitrogens with zero attached hydrogens (tertiary/aromatic N) is 1. The minimum atomic E-state index is -3.90. The van der Waals surface area contributed by atoms with Gasteiger partial charge in [-0.3, -0.25) is 19.6 Å². The van der Waals surface area contributed by atoms with Crippen molar-refractivity contribution in [3.05, 3.63) is 58.6 Å². The van der Waals surface area contributed by atoms with Crippen LogP contribution in [0.1, 0.15) is 13.8 Å². The summed E-state index contributed by atoms with van der Waals surface area (Å²) in [6.07, 6.45) is 0. The van der Waals surface area contributed by atoms with E-state index in [1.807, 2.05) is 0 Å². The number of anilines is 2. The van der Waals surface area contributed by atoms with Gasteiger partial charge in [0.2, 0.25) is 5.91 Å². The zero-order valence-corrected chi connectivity index (χ0v) is 14.4. The monoisotopic (exact) mass is 363 g/mol. The maximum Gasteiger partial charge on any atom is 0.269 e. The first-order valence-electron chi connectivity index (χ1n) is 7.37. The molecule has 0 spiro atoms. The molecule has 2 aromatic rings. The fourth-order valence-corrected chi connectivity index (χ4v) is 2.96. The van der Waals surface area contributed by atoms with E-state index in [2.05, 4.69) is 10.0 Å². The topological polar surface area (TPSA) is 118 Å². The molecule has 0 atom stereocenters. The molecule has 0 aliphatic heterocycles. The van der Waals surface area contributed by atoms with Crippen LogP contribution in [0.3, 0.4) is 0 Å². The Balaban J connectivity index is 2.20. The highest BCUT2D eigenvalue weighted by Crippen LogP contribution is 2.21. The summed E-state index contributed by atoms with van der Waals surface area (Å²) in [5.41, 5.74) is 0.528. The van der Waals surface area contributed by atoms with Crippen LogP contribution in [0.5, 0.6) is 0 Å². The van der Waals surface area contributed by atoms with Gasteiger partial charge in [0.1, 0.15) is 0 Å². The summed E-state index contributed by atoms with van der Waals surface area (Å²) < 4.78 is 27.1. The number of amides is 1. The number of sulfonamides is 1. The normalized spacial score (nSPS) is 11.2. The average molecular weight is 363 g/mol. The van der Waals surface area contributed by atoms with Crippen LogP contribution in [-0.4, -0.2) is 19.2 Å². The van der Waals surface area contributed by atoms with E-state index < -0.39 is 14.9 Å². The van der Waals surface area contributed by atoms with Gasteiger partial charge in [0, 0.05) is 23.7 Å². The van der Waals surface area contributed by atoms with E-state index in [1.165, 1.54) is 12.1 Å². The van der Waals surface area contributed by atoms with Crippen molar-refractivity contribution in [2.75, 3.05) is 10.0 Å². The standard InChI is InChI=1S/C16H17N3O5S/c1-11(2)16(20)17-12-4-3-5-13(10-12)18-25(23,24)15-8-6-14(7-9-15)19(21)22/h3-11,18H,1-2H3,(H,17,20). The SMILES string of the molecule is CC(C)C(=O)Nc1cccc(NS(=O)(=O)c2ccc([N+](=O)[O-])cc2)c1. The number of hydrogen-bond donors (Lipinski definition) is 2. The van der Waals surface area contributed by atoms with E-state index in [1.54, 1.807) is 26.0 Å². The highest BCUT2D eigenvalue weighted by molar-refractivity contribution is 7.92. The van der Waals surface area contributed by atoms with Crippen molar-refractivity contribution < 1.29 is 18.1 Å². The Morgan fingerprint density at radius 1 is 1.08 bits per heavy atom. The number of carbonyl (C=O) groups is 1. The van der Waals surface area contributed by atoms with Gasteiger partial charge in [0.25, 0.3) is 15.7 Å². The predicted molar refractivity (Wildman–Crippen MR) is 93.8 cm³/mol. The molecule has 2 aromatic carbocycles. The maximum absolute atomic E-state index is 12.4. The average Bonchev–Trinajstić information content (AvgIpc) is 2.54. The van der Waals surface area contributed by atoms with E-state index in [0.29, 0.717) is 5.69 Å². The molecule has 9 heteroatoms. The van der Waals surface area contributed by atoms with Crippen LogP contribution >= 0.6 is 0 Å². The van der Waals surface area contributed by atoms with E-state index >= 15 is 0 Å². The maximum atomic E-state index is 12.4. The van der Waals surface area contributed by atoms with Crippen LogP contribution in [0.2, 0.25) is 0 Å². The number of nitro groups is 1. The van der Waals surface area contributed by atoms with Crippen LogP contribution in [0, 0.1) is 16.0 Å². The third-order valence-electron chi connectivity index (χ3n) is 3.26. The first-order valence-corrected chi connectivity index (χ1v) is 8.85. The van der Waals surface area contributed by atoms with Crippen LogP contribution in [0.4, 0.5) is 17.1 Å².